The van der Waals surface area contributed by atoms with Gasteiger partial charge in [0.2, 0.25) is 10.0 Å². The zero-order valence-electron chi connectivity index (χ0n) is 11.7. The van der Waals surface area contributed by atoms with Gasteiger partial charge in [0.15, 0.2) is 4.90 Å². The van der Waals surface area contributed by atoms with Crippen LogP contribution in [0.25, 0.3) is 0 Å². The van der Waals surface area contributed by atoms with Crippen molar-refractivity contribution in [3.63, 3.8) is 0 Å². The summed E-state index contributed by atoms with van der Waals surface area (Å²) in [4.78, 5) is 10.2. The number of para-hydroxylation sites is 1. The van der Waals surface area contributed by atoms with Crippen LogP contribution in [-0.2, 0) is 10.0 Å². The molecule has 0 atom stereocenters. The number of nitrogens with one attached hydrogen (secondary N) is 1. The molecule has 9 heteroatoms. The summed E-state index contributed by atoms with van der Waals surface area (Å²) in [5, 5.41) is 11.2. The predicted octanol–water partition coefficient (Wildman–Crippen LogP) is 1.30. The Hall–Kier alpha value is -1.71. The smallest absolute Gasteiger partial charge is 0.313 e. The van der Waals surface area contributed by atoms with Crippen LogP contribution in [0.3, 0.4) is 0 Å². The van der Waals surface area contributed by atoms with E-state index in [-0.39, 0.29) is 17.1 Å². The van der Waals surface area contributed by atoms with E-state index in [1.165, 1.54) is 22.5 Å². The Kier molecular flexibility index (Phi) is 4.45. The Balaban J connectivity index is 2.49. The molecule has 1 aliphatic rings. The van der Waals surface area contributed by atoms with Crippen LogP contribution in [0.1, 0.15) is 19.8 Å². The van der Waals surface area contributed by atoms with Gasteiger partial charge in [0.1, 0.15) is 5.69 Å². The number of anilines is 1. The zero-order valence-corrected chi connectivity index (χ0v) is 12.5. The van der Waals surface area contributed by atoms with Crippen LogP contribution in [0.5, 0.6) is 0 Å². The van der Waals surface area contributed by atoms with Crippen molar-refractivity contribution in [1.82, 2.24) is 4.31 Å². The Morgan fingerprint density at radius 1 is 1.48 bits per heavy atom. The molecule has 116 valence electrons. The second-order valence-corrected chi connectivity index (χ2v) is 6.86. The van der Waals surface area contributed by atoms with Gasteiger partial charge in [-0.3, -0.25) is 16.0 Å². The van der Waals surface area contributed by atoms with Gasteiger partial charge in [-0.05, 0) is 30.9 Å². The third-order valence-corrected chi connectivity index (χ3v) is 5.44. The molecular weight excluding hydrogens is 296 g/mol. The molecule has 8 nitrogen and oxygen atoms in total. The fourth-order valence-electron chi connectivity index (χ4n) is 2.16. The first kappa shape index (κ1) is 15.7. The number of nitro groups is 1. The molecule has 1 saturated carbocycles. The van der Waals surface area contributed by atoms with Crippen LogP contribution in [-0.4, -0.2) is 30.7 Å². The first-order valence-electron chi connectivity index (χ1n) is 6.66. The van der Waals surface area contributed by atoms with Crippen molar-refractivity contribution >= 4 is 21.4 Å². The molecule has 0 saturated heterocycles. The van der Waals surface area contributed by atoms with Crippen molar-refractivity contribution in [2.75, 3.05) is 18.5 Å². The maximum Gasteiger partial charge on any atom is 0.313 e. The average molecular weight is 314 g/mol. The topological polar surface area (TPSA) is 119 Å². The third kappa shape index (κ3) is 3.14. The van der Waals surface area contributed by atoms with Crippen LogP contribution < -0.4 is 11.3 Å². The van der Waals surface area contributed by atoms with Gasteiger partial charge in [-0.2, -0.15) is 4.31 Å². The number of nitrogen functional groups attached to an aromatic ring is 1. The van der Waals surface area contributed by atoms with Crippen molar-refractivity contribution in [3.05, 3.63) is 28.3 Å². The lowest BCUT2D eigenvalue weighted by atomic mass is 10.3. The van der Waals surface area contributed by atoms with Crippen molar-refractivity contribution in [3.8, 4) is 0 Å². The molecule has 1 aliphatic carbocycles. The van der Waals surface area contributed by atoms with Gasteiger partial charge in [0.05, 0.1) is 4.92 Å². The van der Waals surface area contributed by atoms with Gasteiger partial charge >= 0.3 is 5.69 Å². The molecule has 0 aromatic heterocycles. The number of rotatable bonds is 7. The highest BCUT2D eigenvalue weighted by atomic mass is 32.2. The minimum absolute atomic E-state index is 0.0245. The molecule has 2 rings (SSSR count). The fourth-order valence-corrected chi connectivity index (χ4v) is 3.86. The molecule has 0 radical (unpaired) electrons. The van der Waals surface area contributed by atoms with E-state index in [4.69, 9.17) is 5.84 Å². The highest BCUT2D eigenvalue weighted by Gasteiger charge is 2.35. The molecule has 0 spiro atoms. The fraction of sp³-hybridized carbons (Fsp3) is 0.500. The maximum atomic E-state index is 12.7. The Morgan fingerprint density at radius 2 is 2.14 bits per heavy atom. The van der Waals surface area contributed by atoms with E-state index in [1.54, 1.807) is 6.92 Å². The number of nitrogens with zero attached hydrogens (tertiary/aromatic N) is 2. The summed E-state index contributed by atoms with van der Waals surface area (Å²) >= 11 is 0. The number of sulfonamides is 1. The normalized spacial score (nSPS) is 15.2. The van der Waals surface area contributed by atoms with Crippen LogP contribution in [0, 0.1) is 16.0 Å². The first-order valence-corrected chi connectivity index (χ1v) is 8.10. The highest BCUT2D eigenvalue weighted by molar-refractivity contribution is 7.89. The summed E-state index contributed by atoms with van der Waals surface area (Å²) in [6, 6.07) is 4.04. The van der Waals surface area contributed by atoms with Crippen molar-refractivity contribution < 1.29 is 13.3 Å². The van der Waals surface area contributed by atoms with Crippen molar-refractivity contribution in [2.45, 2.75) is 24.7 Å². The number of nitro benzene ring substituents is 1. The van der Waals surface area contributed by atoms with E-state index in [0.29, 0.717) is 12.5 Å². The van der Waals surface area contributed by atoms with E-state index >= 15 is 0 Å². The molecule has 0 aliphatic heterocycles. The minimum atomic E-state index is -3.92. The van der Waals surface area contributed by atoms with Crippen molar-refractivity contribution in [1.29, 1.82) is 0 Å². The average Bonchev–Trinajstić information content (AvgIpc) is 3.27. The zero-order chi connectivity index (χ0) is 15.6. The van der Waals surface area contributed by atoms with Gasteiger partial charge in [-0.1, -0.05) is 13.0 Å². The maximum absolute atomic E-state index is 12.7. The van der Waals surface area contributed by atoms with E-state index < -0.39 is 20.6 Å². The summed E-state index contributed by atoms with van der Waals surface area (Å²) < 4.78 is 26.6. The van der Waals surface area contributed by atoms with E-state index in [1.807, 2.05) is 0 Å². The molecular formula is C12H18N4O4S. The van der Waals surface area contributed by atoms with Gasteiger partial charge in [0, 0.05) is 13.1 Å². The SMILES string of the molecule is CCN(CC1CC1)S(=O)(=O)c1cccc(NN)c1[N+](=O)[O-]. The summed E-state index contributed by atoms with van der Waals surface area (Å²) in [5.74, 6) is 5.59. The minimum Gasteiger partial charge on any atom is -0.318 e. The van der Waals surface area contributed by atoms with Crippen LogP contribution in [0.15, 0.2) is 23.1 Å². The highest BCUT2D eigenvalue weighted by Crippen LogP contribution is 2.35. The summed E-state index contributed by atoms with van der Waals surface area (Å²) in [6.45, 7) is 2.39. The molecule has 21 heavy (non-hydrogen) atoms. The van der Waals surface area contributed by atoms with Gasteiger partial charge in [0.25, 0.3) is 0 Å². The predicted molar refractivity (Wildman–Crippen MR) is 78.1 cm³/mol. The number of hydrogen-bond acceptors (Lipinski definition) is 6. The van der Waals surface area contributed by atoms with E-state index in [2.05, 4.69) is 5.43 Å². The number of benzene rings is 1. The Bertz CT molecular complexity index is 643. The Labute approximate surface area is 123 Å². The number of hydrazine groups is 1. The van der Waals surface area contributed by atoms with Crippen LogP contribution in [0.2, 0.25) is 0 Å². The third-order valence-electron chi connectivity index (χ3n) is 3.47. The van der Waals surface area contributed by atoms with Crippen molar-refractivity contribution in [2.24, 2.45) is 11.8 Å². The number of hydrogen-bond donors (Lipinski definition) is 2. The largest absolute Gasteiger partial charge is 0.318 e. The second kappa shape index (κ2) is 5.96. The first-order chi connectivity index (χ1) is 9.91. The van der Waals surface area contributed by atoms with E-state index in [0.717, 1.165) is 12.8 Å². The molecule has 1 fully saturated rings. The second-order valence-electron chi connectivity index (χ2n) is 4.95. The molecule has 1 aromatic carbocycles. The summed E-state index contributed by atoms with van der Waals surface area (Å²) in [6.07, 6.45) is 2.00. The van der Waals surface area contributed by atoms with Crippen LogP contribution >= 0.6 is 0 Å². The lowest BCUT2D eigenvalue weighted by Crippen LogP contribution is -2.33. The molecule has 0 heterocycles. The van der Waals surface area contributed by atoms with Gasteiger partial charge in [-0.15, -0.1) is 0 Å². The molecule has 0 unspecified atom stereocenters. The van der Waals surface area contributed by atoms with Gasteiger partial charge < -0.3 is 5.43 Å². The number of nitrogens with two attached hydrogens (primary N) is 1. The lowest BCUT2D eigenvalue weighted by Gasteiger charge is -2.20. The summed E-state index contributed by atoms with van der Waals surface area (Å²) in [7, 11) is -3.92. The van der Waals surface area contributed by atoms with E-state index in [9.17, 15) is 18.5 Å². The Morgan fingerprint density at radius 3 is 2.62 bits per heavy atom. The van der Waals surface area contributed by atoms with Gasteiger partial charge in [-0.25, -0.2) is 8.42 Å². The standard InChI is InChI=1S/C12H18N4O4S/c1-2-15(8-9-6-7-9)21(19,20)11-5-3-4-10(14-13)12(11)16(17)18/h3-5,9,14H,2,6-8,13H2,1H3. The monoisotopic (exact) mass is 314 g/mol. The molecule has 0 amide bonds. The lowest BCUT2D eigenvalue weighted by molar-refractivity contribution is -0.386. The van der Waals surface area contributed by atoms with Crippen LogP contribution in [0.4, 0.5) is 11.4 Å². The summed E-state index contributed by atoms with van der Waals surface area (Å²) in [5.41, 5.74) is 1.63. The molecule has 1 aromatic rings. The molecule has 3 N–H and O–H groups in total. The molecule has 0 bridgehead atoms. The quantitative estimate of drug-likeness (QED) is 0.445.